The minimum absolute atomic E-state index is 0. The molecule has 3 amide bonds. The number of hydrogen-bond donors (Lipinski definition) is 5. The molecule has 0 aromatic carbocycles. The van der Waals surface area contributed by atoms with Crippen LogP contribution in [0.3, 0.4) is 0 Å². The normalized spacial score (nSPS) is 17.1. The summed E-state index contributed by atoms with van der Waals surface area (Å²) in [5, 5.41) is 5.55. The molecule has 0 bridgehead atoms. The van der Waals surface area contributed by atoms with E-state index < -0.39 is 18.1 Å². The molecule has 0 aliphatic carbocycles. The number of likely N-dealkylation sites (tertiary alicyclic amines) is 1. The highest BCUT2D eigenvalue weighted by Gasteiger charge is 2.37. The molecule has 0 saturated carbocycles. The molecule has 182 valence electrons. The monoisotopic (exact) mass is 483 g/mol. The number of nitrogens with two attached hydrogens (primary N) is 3. The van der Waals surface area contributed by atoms with Gasteiger partial charge >= 0.3 is 0 Å². The maximum atomic E-state index is 13.2. The summed E-state index contributed by atoms with van der Waals surface area (Å²) < 4.78 is 0. The Kier molecular flexibility index (Phi) is 16.1. The molecule has 1 rings (SSSR count). The van der Waals surface area contributed by atoms with Crippen molar-refractivity contribution < 1.29 is 14.4 Å². The van der Waals surface area contributed by atoms with Crippen molar-refractivity contribution in [2.75, 3.05) is 19.6 Å². The highest BCUT2D eigenvalue weighted by atomic mass is 35.5. The molecule has 31 heavy (non-hydrogen) atoms. The molecule has 1 heterocycles. The van der Waals surface area contributed by atoms with Gasteiger partial charge in [-0.05, 0) is 44.9 Å². The van der Waals surface area contributed by atoms with Gasteiger partial charge in [0.15, 0.2) is 5.96 Å². The average molecular weight is 484 g/mol. The molecular formula is C19H39Cl2N7O3. The van der Waals surface area contributed by atoms with Gasteiger partial charge in [-0.15, -0.1) is 24.8 Å². The van der Waals surface area contributed by atoms with Crippen LogP contribution >= 0.6 is 24.8 Å². The molecule has 12 heteroatoms. The zero-order chi connectivity index (χ0) is 22.0. The number of likely N-dealkylation sites (N-methyl/N-ethyl adjacent to an activating group) is 1. The third kappa shape index (κ3) is 10.9. The molecule has 0 aromatic heterocycles. The van der Waals surface area contributed by atoms with Gasteiger partial charge in [-0.25, -0.2) is 0 Å². The summed E-state index contributed by atoms with van der Waals surface area (Å²) >= 11 is 0. The van der Waals surface area contributed by atoms with Crippen molar-refractivity contribution in [3.63, 3.8) is 0 Å². The largest absolute Gasteiger partial charge is 0.370 e. The van der Waals surface area contributed by atoms with Gasteiger partial charge in [-0.3, -0.25) is 19.4 Å². The number of hydrogen-bond acceptors (Lipinski definition) is 5. The molecular weight excluding hydrogens is 445 g/mol. The van der Waals surface area contributed by atoms with E-state index in [9.17, 15) is 14.4 Å². The number of guanidine groups is 1. The third-order valence-electron chi connectivity index (χ3n) is 4.81. The lowest BCUT2D eigenvalue weighted by atomic mass is 10.0. The van der Waals surface area contributed by atoms with Crippen molar-refractivity contribution >= 4 is 48.5 Å². The molecule has 0 unspecified atom stereocenters. The number of nitrogens with one attached hydrogen (secondary N) is 2. The van der Waals surface area contributed by atoms with Gasteiger partial charge in [0, 0.05) is 19.6 Å². The Morgan fingerprint density at radius 2 is 1.84 bits per heavy atom. The van der Waals surface area contributed by atoms with E-state index in [2.05, 4.69) is 15.6 Å². The van der Waals surface area contributed by atoms with E-state index in [0.29, 0.717) is 45.3 Å². The lowest BCUT2D eigenvalue weighted by Gasteiger charge is -2.29. The van der Waals surface area contributed by atoms with E-state index in [1.807, 2.05) is 20.8 Å². The Hall–Kier alpha value is -1.78. The van der Waals surface area contributed by atoms with Crippen molar-refractivity contribution in [2.24, 2.45) is 28.1 Å². The standard InChI is InChI=1S/C19H37N7O3.2ClH/c1-4-23-17(28)15-8-6-10-26(15)18(29)14(7-5-9-24-19(21)22)25-16(27)13(20)11-12(2)3;;/h12-15H,4-11,20H2,1-3H3,(H,23,28)(H,25,27)(H4,21,22,24);2*1H/t13-,14-,15-;;/m0../s1. The fraction of sp³-hybridized carbons (Fsp3) is 0.789. The summed E-state index contributed by atoms with van der Waals surface area (Å²) in [6.07, 6.45) is 2.74. The maximum absolute atomic E-state index is 13.2. The van der Waals surface area contributed by atoms with Crippen molar-refractivity contribution in [2.45, 2.75) is 71.0 Å². The second-order valence-electron chi connectivity index (χ2n) is 7.83. The van der Waals surface area contributed by atoms with Crippen LogP contribution in [0.2, 0.25) is 0 Å². The summed E-state index contributed by atoms with van der Waals surface area (Å²) in [5.41, 5.74) is 16.6. The van der Waals surface area contributed by atoms with Gasteiger partial charge in [-0.1, -0.05) is 13.8 Å². The maximum Gasteiger partial charge on any atom is 0.245 e. The van der Waals surface area contributed by atoms with E-state index in [4.69, 9.17) is 17.2 Å². The Balaban J connectivity index is 0. The first-order valence-corrected chi connectivity index (χ1v) is 10.4. The number of halogens is 2. The smallest absolute Gasteiger partial charge is 0.245 e. The number of carbonyl (C=O) groups is 3. The number of rotatable bonds is 11. The Morgan fingerprint density at radius 3 is 2.39 bits per heavy atom. The number of aliphatic imine (C=N–C) groups is 1. The first-order chi connectivity index (χ1) is 13.7. The van der Waals surface area contributed by atoms with Crippen LogP contribution in [0.4, 0.5) is 0 Å². The number of carbonyl (C=O) groups excluding carboxylic acids is 3. The molecule has 0 aromatic rings. The quantitative estimate of drug-likeness (QED) is 0.155. The predicted molar refractivity (Wildman–Crippen MR) is 127 cm³/mol. The summed E-state index contributed by atoms with van der Waals surface area (Å²) in [6, 6.07) is -1.98. The molecule has 8 N–H and O–H groups in total. The van der Waals surface area contributed by atoms with Crippen LogP contribution in [0.1, 0.15) is 52.9 Å². The van der Waals surface area contributed by atoms with Crippen molar-refractivity contribution in [1.29, 1.82) is 0 Å². The van der Waals surface area contributed by atoms with E-state index in [-0.39, 0.29) is 54.4 Å². The average Bonchev–Trinajstić information content (AvgIpc) is 3.12. The lowest BCUT2D eigenvalue weighted by Crippen LogP contribution is -2.55. The minimum atomic E-state index is -0.773. The summed E-state index contributed by atoms with van der Waals surface area (Å²) in [7, 11) is 0. The fourth-order valence-electron chi connectivity index (χ4n) is 3.45. The van der Waals surface area contributed by atoms with Crippen LogP contribution < -0.4 is 27.8 Å². The molecule has 0 radical (unpaired) electrons. The summed E-state index contributed by atoms with van der Waals surface area (Å²) in [6.45, 7) is 7.12. The molecule has 1 aliphatic heterocycles. The van der Waals surface area contributed by atoms with Crippen LogP contribution in [0.25, 0.3) is 0 Å². The van der Waals surface area contributed by atoms with E-state index in [1.54, 1.807) is 4.90 Å². The first kappa shape index (κ1) is 31.4. The predicted octanol–water partition coefficient (Wildman–Crippen LogP) is -0.131. The van der Waals surface area contributed by atoms with Crippen LogP contribution in [0.15, 0.2) is 4.99 Å². The van der Waals surface area contributed by atoms with Gasteiger partial charge < -0.3 is 32.7 Å². The Labute approximate surface area is 197 Å². The topological polar surface area (TPSA) is 169 Å². The minimum Gasteiger partial charge on any atom is -0.370 e. The Morgan fingerprint density at radius 1 is 1.19 bits per heavy atom. The van der Waals surface area contributed by atoms with Crippen LogP contribution in [0.5, 0.6) is 0 Å². The van der Waals surface area contributed by atoms with Gasteiger partial charge in [0.2, 0.25) is 17.7 Å². The molecule has 1 saturated heterocycles. The zero-order valence-electron chi connectivity index (χ0n) is 18.6. The van der Waals surface area contributed by atoms with Crippen LogP contribution in [0, 0.1) is 5.92 Å². The number of nitrogens with zero attached hydrogens (tertiary/aromatic N) is 2. The second-order valence-corrected chi connectivity index (χ2v) is 7.83. The lowest BCUT2D eigenvalue weighted by molar-refractivity contribution is -0.141. The second kappa shape index (κ2) is 15.9. The van der Waals surface area contributed by atoms with Gasteiger partial charge in [0.05, 0.1) is 6.04 Å². The third-order valence-corrected chi connectivity index (χ3v) is 4.81. The summed E-state index contributed by atoms with van der Waals surface area (Å²) in [4.78, 5) is 43.5. The van der Waals surface area contributed by atoms with E-state index >= 15 is 0 Å². The molecule has 10 nitrogen and oxygen atoms in total. The highest BCUT2D eigenvalue weighted by Crippen LogP contribution is 2.20. The van der Waals surface area contributed by atoms with Gasteiger partial charge in [-0.2, -0.15) is 0 Å². The molecule has 1 aliphatic rings. The zero-order valence-corrected chi connectivity index (χ0v) is 20.3. The van der Waals surface area contributed by atoms with Crippen molar-refractivity contribution in [1.82, 2.24) is 15.5 Å². The highest BCUT2D eigenvalue weighted by molar-refractivity contribution is 5.93. The van der Waals surface area contributed by atoms with Gasteiger partial charge in [0.1, 0.15) is 12.1 Å². The molecule has 1 fully saturated rings. The van der Waals surface area contributed by atoms with E-state index in [1.165, 1.54) is 0 Å². The van der Waals surface area contributed by atoms with Crippen molar-refractivity contribution in [3.8, 4) is 0 Å². The van der Waals surface area contributed by atoms with E-state index in [0.717, 1.165) is 6.42 Å². The van der Waals surface area contributed by atoms with Crippen LogP contribution in [-0.2, 0) is 14.4 Å². The van der Waals surface area contributed by atoms with Crippen LogP contribution in [-0.4, -0.2) is 66.3 Å². The van der Waals surface area contributed by atoms with Crippen molar-refractivity contribution in [3.05, 3.63) is 0 Å². The van der Waals surface area contributed by atoms with Gasteiger partial charge in [0.25, 0.3) is 0 Å². The molecule has 0 spiro atoms. The SMILES string of the molecule is CCNC(=O)[C@@H]1CCCN1C(=O)[C@H](CCCN=C(N)N)NC(=O)[C@@H](N)CC(C)C.Cl.Cl. The fourth-order valence-corrected chi connectivity index (χ4v) is 3.45. The summed E-state index contributed by atoms with van der Waals surface area (Å²) in [5.74, 6) is -0.569. The molecule has 3 atom stereocenters. The number of amides is 3. The Bertz CT molecular complexity index is 601. The first-order valence-electron chi connectivity index (χ1n) is 10.4.